The Bertz CT molecular complexity index is 305. The molecule has 1 aromatic carbocycles. The molecule has 2 heteroatoms. The highest BCUT2D eigenvalue weighted by atomic mass is 15.1. The maximum atomic E-state index is 3.37. The highest BCUT2D eigenvalue weighted by Gasteiger charge is 2.00. The third kappa shape index (κ3) is 6.77. The van der Waals surface area contributed by atoms with Crippen LogP contribution in [0.25, 0.3) is 0 Å². The summed E-state index contributed by atoms with van der Waals surface area (Å²) in [6.45, 7) is 8.81. The van der Waals surface area contributed by atoms with E-state index < -0.39 is 0 Å². The Morgan fingerprint density at radius 2 is 1.78 bits per heavy atom. The van der Waals surface area contributed by atoms with Gasteiger partial charge in [-0.2, -0.15) is 0 Å². The van der Waals surface area contributed by atoms with Gasteiger partial charge in [-0.1, -0.05) is 43.2 Å². The van der Waals surface area contributed by atoms with E-state index in [1.807, 2.05) is 0 Å². The van der Waals surface area contributed by atoms with E-state index >= 15 is 0 Å². The summed E-state index contributed by atoms with van der Waals surface area (Å²) in [6.07, 6.45) is 3.92. The lowest BCUT2D eigenvalue weighted by molar-refractivity contribution is 0.317. The molecule has 0 saturated carbocycles. The lowest BCUT2D eigenvalue weighted by Gasteiger charge is -2.16. The SMILES string of the molecule is CCNCCCCCN(C)Cc1ccc(C)cc1. The second-order valence-electron chi connectivity index (χ2n) is 5.14. The minimum atomic E-state index is 1.06. The number of nitrogens with zero attached hydrogens (tertiary/aromatic N) is 1. The average molecular weight is 248 g/mol. The molecule has 0 heterocycles. The van der Waals surface area contributed by atoms with Crippen LogP contribution < -0.4 is 5.32 Å². The van der Waals surface area contributed by atoms with Crippen molar-refractivity contribution in [1.82, 2.24) is 10.2 Å². The highest BCUT2D eigenvalue weighted by Crippen LogP contribution is 2.06. The van der Waals surface area contributed by atoms with E-state index in [1.165, 1.54) is 36.9 Å². The first-order chi connectivity index (χ1) is 8.72. The Hall–Kier alpha value is -0.860. The Morgan fingerprint density at radius 3 is 2.44 bits per heavy atom. The van der Waals surface area contributed by atoms with E-state index in [9.17, 15) is 0 Å². The van der Waals surface area contributed by atoms with Crippen molar-refractivity contribution in [1.29, 1.82) is 0 Å². The van der Waals surface area contributed by atoms with Gasteiger partial charge in [0.25, 0.3) is 0 Å². The summed E-state index contributed by atoms with van der Waals surface area (Å²) in [7, 11) is 2.21. The molecule has 0 radical (unpaired) electrons. The van der Waals surface area contributed by atoms with Crippen LogP contribution >= 0.6 is 0 Å². The van der Waals surface area contributed by atoms with Crippen LogP contribution in [0.2, 0.25) is 0 Å². The number of hydrogen-bond donors (Lipinski definition) is 1. The van der Waals surface area contributed by atoms with Crippen LogP contribution in [0.4, 0.5) is 0 Å². The zero-order chi connectivity index (χ0) is 13.2. The Balaban J connectivity index is 2.10. The first-order valence-electron chi connectivity index (χ1n) is 7.17. The fourth-order valence-electron chi connectivity index (χ4n) is 2.07. The van der Waals surface area contributed by atoms with Gasteiger partial charge in [-0.3, -0.25) is 0 Å². The van der Waals surface area contributed by atoms with Crippen molar-refractivity contribution in [2.24, 2.45) is 0 Å². The minimum absolute atomic E-state index is 1.06. The van der Waals surface area contributed by atoms with Crippen LogP contribution in [0.5, 0.6) is 0 Å². The molecule has 0 bridgehead atoms. The maximum absolute atomic E-state index is 3.37. The fraction of sp³-hybridized carbons (Fsp3) is 0.625. The molecule has 0 spiro atoms. The van der Waals surface area contributed by atoms with Crippen LogP contribution in [-0.4, -0.2) is 31.6 Å². The van der Waals surface area contributed by atoms with Crippen molar-refractivity contribution in [3.63, 3.8) is 0 Å². The van der Waals surface area contributed by atoms with Crippen LogP contribution in [0.15, 0.2) is 24.3 Å². The summed E-state index contributed by atoms with van der Waals surface area (Å²) >= 11 is 0. The molecule has 1 aromatic rings. The zero-order valence-corrected chi connectivity index (χ0v) is 12.2. The van der Waals surface area contributed by atoms with Gasteiger partial charge in [-0.15, -0.1) is 0 Å². The van der Waals surface area contributed by atoms with Crippen LogP contribution in [0.1, 0.15) is 37.3 Å². The van der Waals surface area contributed by atoms with Crippen LogP contribution in [0, 0.1) is 6.92 Å². The quantitative estimate of drug-likeness (QED) is 0.675. The van der Waals surface area contributed by atoms with Gasteiger partial charge in [0, 0.05) is 6.54 Å². The predicted molar refractivity (Wildman–Crippen MR) is 79.9 cm³/mol. The molecule has 0 unspecified atom stereocenters. The normalized spacial score (nSPS) is 11.1. The van der Waals surface area contributed by atoms with Gasteiger partial charge < -0.3 is 10.2 Å². The van der Waals surface area contributed by atoms with Gasteiger partial charge in [-0.05, 0) is 52.0 Å². The first kappa shape index (κ1) is 15.2. The standard InChI is InChI=1S/C16H28N2/c1-4-17-12-6-5-7-13-18(3)14-16-10-8-15(2)9-11-16/h8-11,17H,4-7,12-14H2,1-3H3. The number of unbranched alkanes of at least 4 members (excludes halogenated alkanes) is 2. The predicted octanol–water partition coefficient (Wildman–Crippen LogP) is 3.21. The molecule has 0 atom stereocenters. The van der Waals surface area contributed by atoms with Crippen molar-refractivity contribution in [3.8, 4) is 0 Å². The molecule has 1 N–H and O–H groups in total. The van der Waals surface area contributed by atoms with E-state index in [-0.39, 0.29) is 0 Å². The second-order valence-corrected chi connectivity index (χ2v) is 5.14. The van der Waals surface area contributed by atoms with Crippen molar-refractivity contribution in [2.75, 3.05) is 26.7 Å². The first-order valence-corrected chi connectivity index (χ1v) is 7.17. The Kier molecular flexibility index (Phi) is 7.70. The molecular formula is C16H28N2. The van der Waals surface area contributed by atoms with Crippen molar-refractivity contribution in [2.45, 2.75) is 39.7 Å². The fourth-order valence-corrected chi connectivity index (χ4v) is 2.07. The summed E-state index contributed by atoms with van der Waals surface area (Å²) in [5.41, 5.74) is 2.75. The van der Waals surface area contributed by atoms with Gasteiger partial charge in [0.15, 0.2) is 0 Å². The smallest absolute Gasteiger partial charge is 0.0230 e. The summed E-state index contributed by atoms with van der Waals surface area (Å²) in [5, 5.41) is 3.37. The molecule has 18 heavy (non-hydrogen) atoms. The van der Waals surface area contributed by atoms with Gasteiger partial charge in [0.1, 0.15) is 0 Å². The molecule has 0 aliphatic heterocycles. The molecule has 102 valence electrons. The van der Waals surface area contributed by atoms with Crippen LogP contribution in [0.3, 0.4) is 0 Å². The molecule has 0 aliphatic rings. The zero-order valence-electron chi connectivity index (χ0n) is 12.2. The number of aryl methyl sites for hydroxylation is 1. The molecule has 0 fully saturated rings. The van der Waals surface area contributed by atoms with Crippen LogP contribution in [-0.2, 0) is 6.54 Å². The molecular weight excluding hydrogens is 220 g/mol. The second kappa shape index (κ2) is 9.12. The monoisotopic (exact) mass is 248 g/mol. The molecule has 2 nitrogen and oxygen atoms in total. The maximum Gasteiger partial charge on any atom is 0.0230 e. The van der Waals surface area contributed by atoms with E-state index in [2.05, 4.69) is 55.4 Å². The summed E-state index contributed by atoms with van der Waals surface area (Å²) in [5.74, 6) is 0. The summed E-state index contributed by atoms with van der Waals surface area (Å²) in [4.78, 5) is 2.41. The van der Waals surface area contributed by atoms with E-state index in [0.717, 1.165) is 19.6 Å². The van der Waals surface area contributed by atoms with Crippen molar-refractivity contribution >= 4 is 0 Å². The Morgan fingerprint density at radius 1 is 1.06 bits per heavy atom. The molecule has 1 rings (SSSR count). The van der Waals surface area contributed by atoms with Crippen molar-refractivity contribution < 1.29 is 0 Å². The molecule has 0 aromatic heterocycles. The van der Waals surface area contributed by atoms with Gasteiger partial charge in [0.2, 0.25) is 0 Å². The van der Waals surface area contributed by atoms with Gasteiger partial charge >= 0.3 is 0 Å². The third-order valence-corrected chi connectivity index (χ3v) is 3.22. The van der Waals surface area contributed by atoms with E-state index in [0.29, 0.717) is 0 Å². The lowest BCUT2D eigenvalue weighted by Crippen LogP contribution is -2.19. The topological polar surface area (TPSA) is 15.3 Å². The Labute approximate surface area is 112 Å². The number of nitrogens with one attached hydrogen (secondary N) is 1. The summed E-state index contributed by atoms with van der Waals surface area (Å²) in [6, 6.07) is 8.85. The van der Waals surface area contributed by atoms with Gasteiger partial charge in [0.05, 0.1) is 0 Å². The van der Waals surface area contributed by atoms with Crippen molar-refractivity contribution in [3.05, 3.63) is 35.4 Å². The third-order valence-electron chi connectivity index (χ3n) is 3.22. The number of hydrogen-bond acceptors (Lipinski definition) is 2. The highest BCUT2D eigenvalue weighted by molar-refractivity contribution is 5.21. The largest absolute Gasteiger partial charge is 0.317 e. The van der Waals surface area contributed by atoms with E-state index in [4.69, 9.17) is 0 Å². The minimum Gasteiger partial charge on any atom is -0.317 e. The number of rotatable bonds is 9. The summed E-state index contributed by atoms with van der Waals surface area (Å²) < 4.78 is 0. The van der Waals surface area contributed by atoms with Gasteiger partial charge in [-0.25, -0.2) is 0 Å². The lowest BCUT2D eigenvalue weighted by atomic mass is 10.1. The molecule has 0 aliphatic carbocycles. The van der Waals surface area contributed by atoms with E-state index in [1.54, 1.807) is 0 Å². The average Bonchev–Trinajstić information content (AvgIpc) is 2.36. The molecule has 0 amide bonds. The number of benzene rings is 1. The molecule has 0 saturated heterocycles.